The van der Waals surface area contributed by atoms with E-state index in [1.54, 1.807) is 4.68 Å². The Morgan fingerprint density at radius 2 is 1.94 bits per heavy atom. The van der Waals surface area contributed by atoms with Crippen molar-refractivity contribution in [1.82, 2.24) is 20.2 Å². The van der Waals surface area contributed by atoms with Crippen molar-refractivity contribution in [2.24, 2.45) is 5.92 Å². The summed E-state index contributed by atoms with van der Waals surface area (Å²) in [5.41, 5.74) is 0.964. The lowest BCUT2D eigenvalue weighted by atomic mass is 10.1. The van der Waals surface area contributed by atoms with E-state index < -0.39 is 0 Å². The van der Waals surface area contributed by atoms with Crippen LogP contribution in [-0.2, 0) is 6.42 Å². The highest BCUT2D eigenvalue weighted by Gasteiger charge is 2.14. The van der Waals surface area contributed by atoms with Gasteiger partial charge in [0.2, 0.25) is 0 Å². The van der Waals surface area contributed by atoms with E-state index in [2.05, 4.69) is 29.4 Å². The van der Waals surface area contributed by atoms with E-state index >= 15 is 0 Å². The molecule has 1 aromatic carbocycles. The van der Waals surface area contributed by atoms with E-state index in [1.807, 2.05) is 30.3 Å². The summed E-state index contributed by atoms with van der Waals surface area (Å²) in [5, 5.41) is 11.9. The highest BCUT2D eigenvalue weighted by molar-refractivity contribution is 6.20. The number of nitrogens with zero attached hydrogens (tertiary/aromatic N) is 4. The van der Waals surface area contributed by atoms with Crippen LogP contribution in [-0.4, -0.2) is 25.6 Å². The topological polar surface area (TPSA) is 43.6 Å². The quantitative estimate of drug-likeness (QED) is 0.780. The minimum Gasteiger partial charge on any atom is -0.197 e. The van der Waals surface area contributed by atoms with E-state index in [0.29, 0.717) is 12.3 Å². The highest BCUT2D eigenvalue weighted by atomic mass is 35.5. The Kier molecular flexibility index (Phi) is 4.31. The molecule has 0 amide bonds. The molecule has 0 fully saturated rings. The van der Waals surface area contributed by atoms with Gasteiger partial charge in [-0.1, -0.05) is 32.0 Å². The predicted molar refractivity (Wildman–Crippen MR) is 72.0 cm³/mol. The van der Waals surface area contributed by atoms with Crippen molar-refractivity contribution in [3.63, 3.8) is 0 Å². The molecule has 0 saturated heterocycles. The van der Waals surface area contributed by atoms with Gasteiger partial charge in [-0.05, 0) is 34.9 Å². The van der Waals surface area contributed by atoms with Crippen LogP contribution in [0.4, 0.5) is 0 Å². The number of benzene rings is 1. The van der Waals surface area contributed by atoms with E-state index in [9.17, 15) is 0 Å². The number of alkyl halides is 1. The lowest BCUT2D eigenvalue weighted by Gasteiger charge is -2.11. The van der Waals surface area contributed by atoms with Gasteiger partial charge in [-0.3, -0.25) is 0 Å². The van der Waals surface area contributed by atoms with Gasteiger partial charge in [-0.25, -0.2) is 0 Å². The number of hydrogen-bond donors (Lipinski definition) is 0. The third-order valence-corrected chi connectivity index (χ3v) is 3.00. The zero-order chi connectivity index (χ0) is 13.0. The third kappa shape index (κ3) is 3.29. The Morgan fingerprint density at radius 3 is 2.61 bits per heavy atom. The Morgan fingerprint density at radius 1 is 1.22 bits per heavy atom. The summed E-state index contributed by atoms with van der Waals surface area (Å²) in [7, 11) is 0. The molecule has 4 nitrogen and oxygen atoms in total. The monoisotopic (exact) mass is 264 g/mol. The molecule has 2 rings (SSSR count). The first kappa shape index (κ1) is 13.0. The fourth-order valence-electron chi connectivity index (χ4n) is 1.90. The normalized spacial score (nSPS) is 12.9. The third-order valence-electron chi connectivity index (χ3n) is 2.67. The molecule has 1 unspecified atom stereocenters. The number of tetrazole rings is 1. The Balaban J connectivity index is 2.14. The smallest absolute Gasteiger partial charge is 0.158 e. The summed E-state index contributed by atoms with van der Waals surface area (Å²) in [6, 6.07) is 9.86. The molecule has 0 aliphatic rings. The minimum absolute atomic E-state index is 0.0680. The maximum atomic E-state index is 6.32. The van der Waals surface area contributed by atoms with Gasteiger partial charge in [0.15, 0.2) is 5.82 Å². The molecule has 0 spiro atoms. The van der Waals surface area contributed by atoms with Crippen molar-refractivity contribution in [3.8, 4) is 5.69 Å². The predicted octanol–water partition coefficient (Wildman–Crippen LogP) is 2.86. The SMILES string of the molecule is CC(C)CC(Cl)Cc1nnnn1-c1ccccc1. The van der Waals surface area contributed by atoms with E-state index in [0.717, 1.165) is 17.9 Å². The van der Waals surface area contributed by atoms with Crippen molar-refractivity contribution < 1.29 is 0 Å². The van der Waals surface area contributed by atoms with Crippen molar-refractivity contribution in [3.05, 3.63) is 36.2 Å². The van der Waals surface area contributed by atoms with Crippen LogP contribution in [0.2, 0.25) is 0 Å². The largest absolute Gasteiger partial charge is 0.197 e. The Labute approximate surface area is 112 Å². The van der Waals surface area contributed by atoms with Crippen LogP contribution in [0.5, 0.6) is 0 Å². The second-order valence-electron chi connectivity index (χ2n) is 4.77. The van der Waals surface area contributed by atoms with Gasteiger partial charge in [0.25, 0.3) is 0 Å². The number of aromatic nitrogens is 4. The molecule has 0 bridgehead atoms. The molecule has 1 aromatic heterocycles. The Bertz CT molecular complexity index is 481. The molecule has 96 valence electrons. The molecule has 0 radical (unpaired) electrons. The standard InChI is InChI=1S/C13H17ClN4/c1-10(2)8-11(14)9-13-15-16-17-18(13)12-6-4-3-5-7-12/h3-7,10-11H,8-9H2,1-2H3. The zero-order valence-electron chi connectivity index (χ0n) is 10.6. The molecule has 2 aromatic rings. The number of rotatable bonds is 5. The lowest BCUT2D eigenvalue weighted by Crippen LogP contribution is -2.12. The van der Waals surface area contributed by atoms with Crippen molar-refractivity contribution in [2.45, 2.75) is 32.1 Å². The van der Waals surface area contributed by atoms with Crippen LogP contribution in [0.1, 0.15) is 26.1 Å². The van der Waals surface area contributed by atoms with E-state index in [-0.39, 0.29) is 5.38 Å². The average molecular weight is 265 g/mol. The van der Waals surface area contributed by atoms with Crippen molar-refractivity contribution in [1.29, 1.82) is 0 Å². The molecular formula is C13H17ClN4. The van der Waals surface area contributed by atoms with Crippen molar-refractivity contribution >= 4 is 11.6 Å². The van der Waals surface area contributed by atoms with Gasteiger partial charge < -0.3 is 0 Å². The maximum Gasteiger partial charge on any atom is 0.158 e. The maximum absolute atomic E-state index is 6.32. The first-order chi connectivity index (χ1) is 8.66. The van der Waals surface area contributed by atoms with Crippen LogP contribution in [0.25, 0.3) is 5.69 Å². The van der Waals surface area contributed by atoms with E-state index in [4.69, 9.17) is 11.6 Å². The van der Waals surface area contributed by atoms with E-state index in [1.165, 1.54) is 0 Å². The summed E-state index contributed by atoms with van der Waals surface area (Å²) in [6.07, 6.45) is 1.64. The van der Waals surface area contributed by atoms with Gasteiger partial charge >= 0.3 is 0 Å². The molecule has 18 heavy (non-hydrogen) atoms. The molecule has 5 heteroatoms. The summed E-state index contributed by atoms with van der Waals surface area (Å²) >= 11 is 6.32. The zero-order valence-corrected chi connectivity index (χ0v) is 11.4. The van der Waals surface area contributed by atoms with Crippen LogP contribution in [0, 0.1) is 5.92 Å². The molecule has 0 aliphatic carbocycles. The second kappa shape index (κ2) is 5.96. The lowest BCUT2D eigenvalue weighted by molar-refractivity contribution is 0.552. The van der Waals surface area contributed by atoms with Crippen LogP contribution >= 0.6 is 11.6 Å². The first-order valence-electron chi connectivity index (χ1n) is 6.13. The number of halogens is 1. The second-order valence-corrected chi connectivity index (χ2v) is 5.39. The van der Waals surface area contributed by atoms with Gasteiger partial charge in [0.1, 0.15) is 0 Å². The fraction of sp³-hybridized carbons (Fsp3) is 0.462. The van der Waals surface area contributed by atoms with Crippen molar-refractivity contribution in [2.75, 3.05) is 0 Å². The average Bonchev–Trinajstić information content (AvgIpc) is 2.77. The molecule has 1 atom stereocenters. The molecular weight excluding hydrogens is 248 g/mol. The molecule has 0 aliphatic heterocycles. The van der Waals surface area contributed by atoms with Crippen LogP contribution < -0.4 is 0 Å². The van der Waals surface area contributed by atoms with Crippen LogP contribution in [0.3, 0.4) is 0 Å². The summed E-state index contributed by atoms with van der Waals surface area (Å²) in [4.78, 5) is 0. The van der Waals surface area contributed by atoms with Gasteiger partial charge in [0, 0.05) is 11.8 Å². The molecule has 1 heterocycles. The number of hydrogen-bond acceptors (Lipinski definition) is 3. The fourth-order valence-corrected chi connectivity index (χ4v) is 2.39. The summed E-state index contributed by atoms with van der Waals surface area (Å²) in [5.74, 6) is 1.38. The molecule has 0 N–H and O–H groups in total. The molecule has 0 saturated carbocycles. The Hall–Kier alpha value is -1.42. The minimum atomic E-state index is 0.0680. The highest BCUT2D eigenvalue weighted by Crippen LogP contribution is 2.16. The van der Waals surface area contributed by atoms with Gasteiger partial charge in [0.05, 0.1) is 5.69 Å². The summed E-state index contributed by atoms with van der Waals surface area (Å²) in [6.45, 7) is 4.32. The number of para-hydroxylation sites is 1. The van der Waals surface area contributed by atoms with Gasteiger partial charge in [-0.2, -0.15) is 4.68 Å². The van der Waals surface area contributed by atoms with Crippen LogP contribution in [0.15, 0.2) is 30.3 Å². The first-order valence-corrected chi connectivity index (χ1v) is 6.57. The summed E-state index contributed by atoms with van der Waals surface area (Å²) < 4.78 is 1.75. The van der Waals surface area contributed by atoms with Gasteiger partial charge in [-0.15, -0.1) is 16.7 Å².